The fourth-order valence-corrected chi connectivity index (χ4v) is 2.50. The molecule has 0 aliphatic carbocycles. The number of amides is 1. The maximum Gasteiger partial charge on any atom is 0.251 e. The lowest BCUT2D eigenvalue weighted by Crippen LogP contribution is -2.11. The van der Waals surface area contributed by atoms with Crippen LogP contribution in [0, 0.1) is 0 Å². The minimum atomic E-state index is -0.299. The van der Waals surface area contributed by atoms with E-state index in [0.29, 0.717) is 12.3 Å². The Labute approximate surface area is 151 Å². The number of para-hydroxylation sites is 1. The number of rotatable bonds is 6. The van der Waals surface area contributed by atoms with E-state index in [2.05, 4.69) is 20.4 Å². The lowest BCUT2D eigenvalue weighted by Gasteiger charge is -2.08. The molecule has 1 amide bonds. The standard InChI is InChI=1S/C19H19N5O2/c1-14(16-7-3-4-8-17(16)26-2)10-18(25)22-19-21-13-24(23-19)12-15-6-5-9-20-11-15/h3-11,13H,12H2,1-2H3,(H,22,23,25)/b14-10+. The van der Waals surface area contributed by atoms with E-state index in [4.69, 9.17) is 4.74 Å². The van der Waals surface area contributed by atoms with Gasteiger partial charge in [0.2, 0.25) is 5.95 Å². The molecule has 0 atom stereocenters. The van der Waals surface area contributed by atoms with Gasteiger partial charge in [-0.2, -0.15) is 0 Å². The number of benzene rings is 1. The zero-order valence-corrected chi connectivity index (χ0v) is 14.6. The van der Waals surface area contributed by atoms with E-state index >= 15 is 0 Å². The first kappa shape index (κ1) is 17.3. The number of nitrogens with zero attached hydrogens (tertiary/aromatic N) is 4. The van der Waals surface area contributed by atoms with Crippen LogP contribution in [-0.2, 0) is 11.3 Å². The number of hydrogen-bond donors (Lipinski definition) is 1. The average molecular weight is 349 g/mol. The van der Waals surface area contributed by atoms with Crippen LogP contribution in [-0.4, -0.2) is 32.8 Å². The normalized spacial score (nSPS) is 11.2. The number of aromatic nitrogens is 4. The van der Waals surface area contributed by atoms with Gasteiger partial charge in [-0.25, -0.2) is 9.67 Å². The fraction of sp³-hybridized carbons (Fsp3) is 0.158. The molecule has 7 heteroatoms. The van der Waals surface area contributed by atoms with Crippen molar-refractivity contribution in [1.82, 2.24) is 19.7 Å². The van der Waals surface area contributed by atoms with Gasteiger partial charge in [0, 0.05) is 24.0 Å². The first-order valence-corrected chi connectivity index (χ1v) is 8.07. The minimum Gasteiger partial charge on any atom is -0.496 e. The third-order valence-electron chi connectivity index (χ3n) is 3.72. The highest BCUT2D eigenvalue weighted by atomic mass is 16.5. The fourth-order valence-electron chi connectivity index (χ4n) is 2.50. The number of carbonyl (C=O) groups is 1. The molecule has 1 aromatic carbocycles. The molecule has 0 spiro atoms. The maximum atomic E-state index is 12.2. The van der Waals surface area contributed by atoms with E-state index in [1.165, 1.54) is 6.08 Å². The summed E-state index contributed by atoms with van der Waals surface area (Å²) in [6, 6.07) is 11.3. The molecule has 132 valence electrons. The Kier molecular flexibility index (Phi) is 5.38. The van der Waals surface area contributed by atoms with Crippen molar-refractivity contribution in [2.75, 3.05) is 12.4 Å². The van der Waals surface area contributed by atoms with Gasteiger partial charge in [-0.15, -0.1) is 5.10 Å². The molecule has 0 saturated heterocycles. The monoisotopic (exact) mass is 349 g/mol. The predicted octanol–water partition coefficient (Wildman–Crippen LogP) is 2.77. The van der Waals surface area contributed by atoms with Crippen molar-refractivity contribution in [3.05, 3.63) is 72.3 Å². The first-order chi connectivity index (χ1) is 12.7. The molecule has 0 fully saturated rings. The molecule has 0 unspecified atom stereocenters. The second kappa shape index (κ2) is 8.06. The van der Waals surface area contributed by atoms with Gasteiger partial charge in [-0.1, -0.05) is 24.3 Å². The number of methoxy groups -OCH3 is 1. The van der Waals surface area contributed by atoms with Gasteiger partial charge in [0.1, 0.15) is 12.1 Å². The van der Waals surface area contributed by atoms with Crippen LogP contribution in [0.3, 0.4) is 0 Å². The molecular weight excluding hydrogens is 330 g/mol. The van der Waals surface area contributed by atoms with Crippen LogP contribution < -0.4 is 10.1 Å². The van der Waals surface area contributed by atoms with Crippen LogP contribution in [0.4, 0.5) is 5.95 Å². The average Bonchev–Trinajstić information content (AvgIpc) is 3.09. The molecule has 3 rings (SSSR count). The molecule has 0 radical (unpaired) electrons. The van der Waals surface area contributed by atoms with Crippen LogP contribution in [0.15, 0.2) is 61.2 Å². The van der Waals surface area contributed by atoms with E-state index in [1.54, 1.807) is 30.5 Å². The van der Waals surface area contributed by atoms with Crippen LogP contribution in [0.2, 0.25) is 0 Å². The summed E-state index contributed by atoms with van der Waals surface area (Å²) in [5.74, 6) is 0.670. The molecule has 1 N–H and O–H groups in total. The van der Waals surface area contributed by atoms with Gasteiger partial charge < -0.3 is 4.74 Å². The quantitative estimate of drug-likeness (QED) is 0.692. The molecule has 2 heterocycles. The van der Waals surface area contributed by atoms with E-state index in [9.17, 15) is 4.79 Å². The van der Waals surface area contributed by atoms with Crippen LogP contribution in [0.5, 0.6) is 5.75 Å². The summed E-state index contributed by atoms with van der Waals surface area (Å²) in [7, 11) is 1.60. The Morgan fingerprint density at radius 3 is 2.88 bits per heavy atom. The summed E-state index contributed by atoms with van der Waals surface area (Å²) in [5.41, 5.74) is 2.65. The van der Waals surface area contributed by atoms with E-state index in [0.717, 1.165) is 16.7 Å². The molecule has 2 aromatic heterocycles. The van der Waals surface area contributed by atoms with Gasteiger partial charge in [0.15, 0.2) is 0 Å². The zero-order valence-electron chi connectivity index (χ0n) is 14.6. The second-order valence-electron chi connectivity index (χ2n) is 5.64. The van der Waals surface area contributed by atoms with Crippen molar-refractivity contribution in [1.29, 1.82) is 0 Å². The smallest absolute Gasteiger partial charge is 0.251 e. The van der Waals surface area contributed by atoms with Gasteiger partial charge in [-0.05, 0) is 30.2 Å². The van der Waals surface area contributed by atoms with Crippen molar-refractivity contribution < 1.29 is 9.53 Å². The van der Waals surface area contributed by atoms with E-state index < -0.39 is 0 Å². The van der Waals surface area contributed by atoms with E-state index in [1.807, 2.05) is 43.3 Å². The number of pyridine rings is 1. The zero-order chi connectivity index (χ0) is 18.4. The van der Waals surface area contributed by atoms with Gasteiger partial charge in [0.25, 0.3) is 5.91 Å². The third kappa shape index (κ3) is 4.32. The molecule has 0 bridgehead atoms. The van der Waals surface area contributed by atoms with Crippen molar-refractivity contribution in [2.24, 2.45) is 0 Å². The summed E-state index contributed by atoms with van der Waals surface area (Å²) < 4.78 is 6.96. The molecule has 3 aromatic rings. The highest BCUT2D eigenvalue weighted by Crippen LogP contribution is 2.25. The van der Waals surface area contributed by atoms with Gasteiger partial charge in [-0.3, -0.25) is 15.1 Å². The Morgan fingerprint density at radius 1 is 1.27 bits per heavy atom. The number of anilines is 1. The summed E-state index contributed by atoms with van der Waals surface area (Å²) in [6.07, 6.45) is 6.55. The summed E-state index contributed by atoms with van der Waals surface area (Å²) >= 11 is 0. The van der Waals surface area contributed by atoms with Crippen molar-refractivity contribution >= 4 is 17.4 Å². The highest BCUT2D eigenvalue weighted by molar-refractivity contribution is 6.03. The lowest BCUT2D eigenvalue weighted by molar-refractivity contribution is -0.111. The van der Waals surface area contributed by atoms with Crippen molar-refractivity contribution in [2.45, 2.75) is 13.5 Å². The third-order valence-corrected chi connectivity index (χ3v) is 3.72. The molecule has 0 saturated carbocycles. The number of allylic oxidation sites excluding steroid dienone is 1. The van der Waals surface area contributed by atoms with Gasteiger partial charge in [0.05, 0.1) is 13.7 Å². The molecule has 0 aliphatic rings. The Hall–Kier alpha value is -3.48. The molecule has 0 aliphatic heterocycles. The summed E-state index contributed by atoms with van der Waals surface area (Å²) in [6.45, 7) is 2.39. The largest absolute Gasteiger partial charge is 0.496 e. The number of carbonyl (C=O) groups excluding carboxylic acids is 1. The SMILES string of the molecule is COc1ccccc1/C(C)=C/C(=O)Nc1ncn(Cc2cccnc2)n1. The number of hydrogen-bond acceptors (Lipinski definition) is 5. The molecule has 26 heavy (non-hydrogen) atoms. The first-order valence-electron chi connectivity index (χ1n) is 8.07. The number of ether oxygens (including phenoxy) is 1. The van der Waals surface area contributed by atoms with Crippen LogP contribution in [0.25, 0.3) is 5.57 Å². The number of nitrogens with one attached hydrogen (secondary N) is 1. The molecule has 7 nitrogen and oxygen atoms in total. The van der Waals surface area contributed by atoms with Crippen LogP contribution in [0.1, 0.15) is 18.1 Å². The topological polar surface area (TPSA) is 81.9 Å². The Bertz CT molecular complexity index is 918. The summed E-state index contributed by atoms with van der Waals surface area (Å²) in [5, 5.41) is 6.92. The van der Waals surface area contributed by atoms with Gasteiger partial charge >= 0.3 is 0 Å². The minimum absolute atomic E-state index is 0.253. The predicted molar refractivity (Wildman–Crippen MR) is 98.6 cm³/mol. The van der Waals surface area contributed by atoms with Crippen molar-refractivity contribution in [3.63, 3.8) is 0 Å². The van der Waals surface area contributed by atoms with Crippen molar-refractivity contribution in [3.8, 4) is 5.75 Å². The van der Waals surface area contributed by atoms with E-state index in [-0.39, 0.29) is 11.9 Å². The Balaban J connectivity index is 1.66. The Morgan fingerprint density at radius 2 is 2.12 bits per heavy atom. The lowest BCUT2D eigenvalue weighted by atomic mass is 10.1. The molecular formula is C19H19N5O2. The second-order valence-corrected chi connectivity index (χ2v) is 5.64. The summed E-state index contributed by atoms with van der Waals surface area (Å²) in [4.78, 5) is 20.4. The van der Waals surface area contributed by atoms with Crippen LogP contribution >= 0.6 is 0 Å². The maximum absolute atomic E-state index is 12.2. The highest BCUT2D eigenvalue weighted by Gasteiger charge is 2.08.